The van der Waals surface area contributed by atoms with Crippen LogP contribution in [0.4, 0.5) is 0 Å². The molecule has 3 aliphatic rings. The summed E-state index contributed by atoms with van der Waals surface area (Å²) < 4.78 is 16.5. The van der Waals surface area contributed by atoms with Gasteiger partial charge < -0.3 is 19.1 Å². The number of allylic oxidation sites excluding steroid dienone is 3. The van der Waals surface area contributed by atoms with Gasteiger partial charge in [-0.15, -0.1) is 0 Å². The van der Waals surface area contributed by atoms with Crippen LogP contribution in [0.5, 0.6) is 0 Å². The minimum absolute atomic E-state index is 0.288. The molecule has 4 rings (SSSR count). The smallest absolute Gasteiger partial charge is 0.336 e. The van der Waals surface area contributed by atoms with Gasteiger partial charge in [-0.2, -0.15) is 0 Å². The van der Waals surface area contributed by atoms with Gasteiger partial charge in [0.15, 0.2) is 11.5 Å². The lowest BCUT2D eigenvalue weighted by Gasteiger charge is -2.29. The van der Waals surface area contributed by atoms with Crippen molar-refractivity contribution >= 4 is 17.0 Å². The molecule has 1 N–H and O–H groups in total. The largest absolute Gasteiger partial charge is 0.488 e. The molecule has 0 fully saturated rings. The van der Waals surface area contributed by atoms with Crippen LogP contribution in [0, 0.1) is 0 Å². The molecule has 1 unspecified atom stereocenters. The highest BCUT2D eigenvalue weighted by atomic mass is 16.5. The van der Waals surface area contributed by atoms with E-state index < -0.39 is 11.7 Å². The first kappa shape index (κ1) is 11.8. The Morgan fingerprint density at radius 1 is 1.24 bits per heavy atom. The number of hydrogen-bond acceptors (Lipinski definition) is 6. The number of hydrogen-bond donors (Lipinski definition) is 1. The minimum atomic E-state index is -0.543. The van der Waals surface area contributed by atoms with Gasteiger partial charge in [0.1, 0.15) is 11.5 Å². The van der Waals surface area contributed by atoms with Crippen molar-refractivity contribution in [2.24, 2.45) is 5.16 Å². The summed E-state index contributed by atoms with van der Waals surface area (Å²) >= 11 is 0. The summed E-state index contributed by atoms with van der Waals surface area (Å²) in [5, 5.41) is 13.1. The van der Waals surface area contributed by atoms with Gasteiger partial charge >= 0.3 is 5.63 Å². The molecule has 1 aromatic heterocycles. The second-order valence-electron chi connectivity index (χ2n) is 4.61. The van der Waals surface area contributed by atoms with Gasteiger partial charge in [-0.1, -0.05) is 5.16 Å². The fraction of sp³-hybridized carbons (Fsp3) is 0.0667. The van der Waals surface area contributed by atoms with Gasteiger partial charge in [0.05, 0.1) is 23.3 Å². The zero-order chi connectivity index (χ0) is 14.4. The van der Waals surface area contributed by atoms with Gasteiger partial charge in [0.2, 0.25) is 0 Å². The molecule has 6 heteroatoms. The maximum absolute atomic E-state index is 11.6. The van der Waals surface area contributed by atoms with Crippen molar-refractivity contribution in [1.29, 1.82) is 0 Å². The summed E-state index contributed by atoms with van der Waals surface area (Å²) in [7, 11) is 0. The van der Waals surface area contributed by atoms with E-state index in [4.69, 9.17) is 13.9 Å². The highest BCUT2D eigenvalue weighted by Crippen LogP contribution is 2.31. The Bertz CT molecular complexity index is 930. The SMILES string of the molecule is O=c1ccc2c(o1)=C1C(=NO)C=COC1C1=CC=COC=21. The summed E-state index contributed by atoms with van der Waals surface area (Å²) in [6, 6.07) is 2.95. The third kappa shape index (κ3) is 1.59. The van der Waals surface area contributed by atoms with Crippen LogP contribution < -0.4 is 16.3 Å². The zero-order valence-electron chi connectivity index (χ0n) is 10.6. The quantitative estimate of drug-likeness (QED) is 0.540. The Kier molecular flexibility index (Phi) is 2.38. The molecule has 1 aromatic rings. The molecular weight excluding hydrogens is 274 g/mol. The third-order valence-corrected chi connectivity index (χ3v) is 3.49. The third-order valence-electron chi connectivity index (χ3n) is 3.49. The topological polar surface area (TPSA) is 81.3 Å². The number of nitrogens with zero attached hydrogens (tertiary/aromatic N) is 1. The highest BCUT2D eigenvalue weighted by Gasteiger charge is 2.35. The predicted octanol–water partition coefficient (Wildman–Crippen LogP) is 0.125. The Hall–Kier alpha value is -3.02. The summed E-state index contributed by atoms with van der Waals surface area (Å²) in [6.07, 6.45) is 7.54. The van der Waals surface area contributed by atoms with Crippen molar-refractivity contribution in [3.63, 3.8) is 0 Å². The summed E-state index contributed by atoms with van der Waals surface area (Å²) in [6.45, 7) is 0. The number of ether oxygens (including phenoxy) is 2. The summed E-state index contributed by atoms with van der Waals surface area (Å²) in [4.78, 5) is 11.6. The van der Waals surface area contributed by atoms with Crippen molar-refractivity contribution in [1.82, 2.24) is 0 Å². The molecule has 0 amide bonds. The van der Waals surface area contributed by atoms with Crippen LogP contribution >= 0.6 is 0 Å². The fourth-order valence-corrected chi connectivity index (χ4v) is 2.64. The van der Waals surface area contributed by atoms with E-state index in [1.54, 1.807) is 18.4 Å². The maximum Gasteiger partial charge on any atom is 0.336 e. The summed E-state index contributed by atoms with van der Waals surface area (Å²) in [5.41, 5.74) is 1.37. The van der Waals surface area contributed by atoms with E-state index >= 15 is 0 Å². The van der Waals surface area contributed by atoms with Crippen LogP contribution in [0.3, 0.4) is 0 Å². The molecule has 0 saturated carbocycles. The van der Waals surface area contributed by atoms with Crippen LogP contribution in [0.15, 0.2) is 62.8 Å². The zero-order valence-corrected chi connectivity index (χ0v) is 10.6. The molecule has 3 heterocycles. The molecule has 2 aliphatic heterocycles. The van der Waals surface area contributed by atoms with Gasteiger partial charge in [-0.3, -0.25) is 0 Å². The molecule has 0 radical (unpaired) electrons. The molecule has 0 bridgehead atoms. The first-order chi connectivity index (χ1) is 10.3. The second-order valence-corrected chi connectivity index (χ2v) is 4.61. The van der Waals surface area contributed by atoms with Crippen LogP contribution in [0.25, 0.3) is 11.3 Å². The van der Waals surface area contributed by atoms with Crippen LogP contribution in [-0.4, -0.2) is 17.0 Å². The van der Waals surface area contributed by atoms with Crippen molar-refractivity contribution in [2.75, 3.05) is 0 Å². The molecular formula is C15H9NO5. The minimum Gasteiger partial charge on any atom is -0.488 e. The van der Waals surface area contributed by atoms with Crippen LogP contribution in [0.2, 0.25) is 0 Å². The monoisotopic (exact) mass is 283 g/mol. The number of oxime groups is 1. The first-order valence-electron chi connectivity index (χ1n) is 6.26. The van der Waals surface area contributed by atoms with E-state index in [9.17, 15) is 10.0 Å². The van der Waals surface area contributed by atoms with Crippen molar-refractivity contribution < 1.29 is 19.1 Å². The van der Waals surface area contributed by atoms with Crippen LogP contribution in [0.1, 0.15) is 0 Å². The predicted molar refractivity (Wildman–Crippen MR) is 72.6 cm³/mol. The Morgan fingerprint density at radius 2 is 2.14 bits per heavy atom. The average molecular weight is 283 g/mol. The molecule has 21 heavy (non-hydrogen) atoms. The van der Waals surface area contributed by atoms with Crippen molar-refractivity contribution in [2.45, 2.75) is 6.10 Å². The van der Waals surface area contributed by atoms with Gasteiger partial charge in [-0.05, 0) is 18.2 Å². The van der Waals surface area contributed by atoms with Crippen molar-refractivity contribution in [3.8, 4) is 0 Å². The Labute approximate surface area is 117 Å². The van der Waals surface area contributed by atoms with Crippen molar-refractivity contribution in [3.05, 3.63) is 69.5 Å². The first-order valence-corrected chi connectivity index (χ1v) is 6.26. The van der Waals surface area contributed by atoms with E-state index in [1.807, 2.05) is 6.08 Å². The number of fused-ring (bicyclic) bond motifs is 4. The van der Waals surface area contributed by atoms with Crippen LogP contribution in [-0.2, 0) is 9.47 Å². The molecule has 1 atom stereocenters. The average Bonchev–Trinajstić information content (AvgIpc) is 2.54. The summed E-state index contributed by atoms with van der Waals surface area (Å²) in [5.74, 6) is 0.567. The Morgan fingerprint density at radius 3 is 3.00 bits per heavy atom. The molecule has 0 aromatic carbocycles. The molecule has 1 aliphatic carbocycles. The standard InChI is InChI=1S/C15H9NO5/c17-11-4-3-9-13-8(2-1-6-19-13)14-12(15(9)21-11)10(16-18)5-7-20-14/h1-7,14,18H. The lowest BCUT2D eigenvalue weighted by atomic mass is 9.89. The Balaban J connectivity index is 2.23. The van der Waals surface area contributed by atoms with E-state index in [0.29, 0.717) is 22.0 Å². The second kappa shape index (κ2) is 4.24. The lowest BCUT2D eigenvalue weighted by Crippen LogP contribution is -2.44. The molecule has 104 valence electrons. The highest BCUT2D eigenvalue weighted by molar-refractivity contribution is 6.26. The maximum atomic E-state index is 11.6. The molecule has 0 spiro atoms. The van der Waals surface area contributed by atoms with E-state index in [2.05, 4.69) is 5.16 Å². The fourth-order valence-electron chi connectivity index (χ4n) is 2.64. The van der Waals surface area contributed by atoms with E-state index in [0.717, 1.165) is 5.57 Å². The molecule has 6 nitrogen and oxygen atoms in total. The lowest BCUT2D eigenvalue weighted by molar-refractivity contribution is 0.216. The number of rotatable bonds is 0. The normalized spacial score (nSPS) is 23.7. The van der Waals surface area contributed by atoms with E-state index in [1.165, 1.54) is 18.4 Å². The van der Waals surface area contributed by atoms with Gasteiger partial charge in [0.25, 0.3) is 0 Å². The molecule has 0 saturated heterocycles. The van der Waals surface area contributed by atoms with Gasteiger partial charge in [0, 0.05) is 17.7 Å². The van der Waals surface area contributed by atoms with E-state index in [-0.39, 0.29) is 5.71 Å². The van der Waals surface area contributed by atoms with Gasteiger partial charge in [-0.25, -0.2) is 4.79 Å².